The van der Waals surface area contributed by atoms with Gasteiger partial charge in [0.25, 0.3) is 0 Å². The molecule has 1 N–H and O–H groups in total. The third-order valence-electron chi connectivity index (χ3n) is 5.18. The highest BCUT2D eigenvalue weighted by Gasteiger charge is 2.23. The van der Waals surface area contributed by atoms with Crippen molar-refractivity contribution in [3.8, 4) is 11.1 Å². The van der Waals surface area contributed by atoms with Gasteiger partial charge in [-0.15, -0.1) is 0 Å². The largest absolute Gasteiger partial charge is 0.390 e. The molecule has 4 rings (SSSR count). The number of pyridine rings is 1. The second-order valence-corrected chi connectivity index (χ2v) is 7.34. The van der Waals surface area contributed by atoms with Gasteiger partial charge in [-0.05, 0) is 52.6 Å². The van der Waals surface area contributed by atoms with Crippen LogP contribution in [0.25, 0.3) is 11.1 Å². The molecule has 3 aromatic rings. The van der Waals surface area contributed by atoms with E-state index in [0.29, 0.717) is 0 Å². The van der Waals surface area contributed by atoms with Crippen molar-refractivity contribution < 1.29 is 0 Å². The number of rotatable bonds is 4. The first-order chi connectivity index (χ1) is 13.2. The molecule has 1 aromatic heterocycles. The number of hydrogen-bond donors (Lipinski definition) is 1. The average molecular weight is 352 g/mol. The number of aromatic nitrogens is 1. The zero-order chi connectivity index (χ0) is 18.5. The summed E-state index contributed by atoms with van der Waals surface area (Å²) >= 11 is 0. The Balaban J connectivity index is 1.59. The van der Waals surface area contributed by atoms with Crippen LogP contribution in [0.4, 0.5) is 0 Å². The molecule has 0 fully saturated rings. The summed E-state index contributed by atoms with van der Waals surface area (Å²) in [6.07, 6.45) is 13.1. The molecule has 0 saturated carbocycles. The standard InChI is InChI=1S/C25H24N2/c1-25(12-2-3-13-27-19-25)24-11-5-8-21(17-24)15-20-7-4-9-22(16-20)23-10-6-14-26-18-23/h2-14,16-18,27H,15,19H2,1H3. The third-order valence-corrected chi connectivity index (χ3v) is 5.18. The van der Waals surface area contributed by atoms with E-state index in [1.165, 1.54) is 22.3 Å². The molecular weight excluding hydrogens is 328 g/mol. The van der Waals surface area contributed by atoms with Crippen molar-refractivity contribution in [3.05, 3.63) is 114 Å². The normalized spacial score (nSPS) is 18.7. The van der Waals surface area contributed by atoms with Crippen molar-refractivity contribution >= 4 is 0 Å². The Hall–Kier alpha value is -3.13. The first-order valence-electron chi connectivity index (χ1n) is 9.39. The molecule has 0 radical (unpaired) electrons. The summed E-state index contributed by atoms with van der Waals surface area (Å²) in [5.74, 6) is 0. The van der Waals surface area contributed by atoms with Gasteiger partial charge in [0.05, 0.1) is 0 Å². The van der Waals surface area contributed by atoms with Crippen LogP contribution in [0.2, 0.25) is 0 Å². The van der Waals surface area contributed by atoms with Gasteiger partial charge in [0.2, 0.25) is 0 Å². The molecule has 27 heavy (non-hydrogen) atoms. The van der Waals surface area contributed by atoms with E-state index in [2.05, 4.69) is 90.0 Å². The van der Waals surface area contributed by atoms with E-state index in [1.807, 2.05) is 24.7 Å². The fraction of sp³-hybridized carbons (Fsp3) is 0.160. The zero-order valence-electron chi connectivity index (χ0n) is 15.6. The Morgan fingerprint density at radius 1 is 0.926 bits per heavy atom. The molecule has 1 atom stereocenters. The molecule has 1 aliphatic heterocycles. The molecule has 2 heterocycles. The molecule has 0 amide bonds. The van der Waals surface area contributed by atoms with Crippen LogP contribution in [0.15, 0.2) is 97.5 Å². The number of allylic oxidation sites excluding steroid dienone is 2. The Labute approximate surface area is 161 Å². The highest BCUT2D eigenvalue weighted by Crippen LogP contribution is 2.28. The van der Waals surface area contributed by atoms with Crippen LogP contribution in [0.1, 0.15) is 23.6 Å². The topological polar surface area (TPSA) is 24.9 Å². The van der Waals surface area contributed by atoms with Crippen molar-refractivity contribution in [1.82, 2.24) is 10.3 Å². The summed E-state index contributed by atoms with van der Waals surface area (Å²) in [6, 6.07) is 21.8. The molecule has 1 unspecified atom stereocenters. The van der Waals surface area contributed by atoms with Crippen LogP contribution in [-0.4, -0.2) is 11.5 Å². The predicted octanol–water partition coefficient (Wildman–Crippen LogP) is 5.27. The lowest BCUT2D eigenvalue weighted by molar-refractivity contribution is 0.567. The van der Waals surface area contributed by atoms with Crippen molar-refractivity contribution in [2.24, 2.45) is 0 Å². The van der Waals surface area contributed by atoms with E-state index in [1.54, 1.807) is 0 Å². The van der Waals surface area contributed by atoms with E-state index < -0.39 is 0 Å². The van der Waals surface area contributed by atoms with E-state index in [9.17, 15) is 0 Å². The van der Waals surface area contributed by atoms with E-state index in [0.717, 1.165) is 18.5 Å². The Bertz CT molecular complexity index is 972. The Kier molecular flexibility index (Phi) is 4.88. The molecule has 0 saturated heterocycles. The summed E-state index contributed by atoms with van der Waals surface area (Å²) < 4.78 is 0. The van der Waals surface area contributed by atoms with E-state index in [-0.39, 0.29) is 5.41 Å². The monoisotopic (exact) mass is 352 g/mol. The van der Waals surface area contributed by atoms with Crippen LogP contribution in [0.3, 0.4) is 0 Å². The first kappa shape index (κ1) is 17.3. The predicted molar refractivity (Wildman–Crippen MR) is 113 cm³/mol. The minimum absolute atomic E-state index is 0.00291. The van der Waals surface area contributed by atoms with Crippen LogP contribution in [0, 0.1) is 0 Å². The van der Waals surface area contributed by atoms with Gasteiger partial charge >= 0.3 is 0 Å². The number of nitrogens with zero attached hydrogens (tertiary/aromatic N) is 1. The minimum atomic E-state index is -0.00291. The molecule has 1 aliphatic rings. The van der Waals surface area contributed by atoms with Crippen molar-refractivity contribution in [2.45, 2.75) is 18.8 Å². The van der Waals surface area contributed by atoms with Gasteiger partial charge in [0, 0.05) is 24.4 Å². The molecule has 2 heteroatoms. The zero-order valence-corrected chi connectivity index (χ0v) is 15.6. The van der Waals surface area contributed by atoms with E-state index >= 15 is 0 Å². The van der Waals surface area contributed by atoms with Gasteiger partial charge in [-0.3, -0.25) is 4.98 Å². The second kappa shape index (κ2) is 7.63. The lowest BCUT2D eigenvalue weighted by Gasteiger charge is -2.26. The average Bonchev–Trinajstić information content (AvgIpc) is 2.95. The molecule has 0 aliphatic carbocycles. The summed E-state index contributed by atoms with van der Waals surface area (Å²) in [5.41, 5.74) is 6.36. The first-order valence-corrected chi connectivity index (χ1v) is 9.39. The van der Waals surface area contributed by atoms with Gasteiger partial charge in [-0.1, -0.05) is 73.7 Å². The fourth-order valence-electron chi connectivity index (χ4n) is 3.59. The van der Waals surface area contributed by atoms with Gasteiger partial charge < -0.3 is 5.32 Å². The van der Waals surface area contributed by atoms with Gasteiger partial charge in [0.15, 0.2) is 0 Å². The maximum Gasteiger partial charge on any atom is 0.0346 e. The maximum atomic E-state index is 4.24. The summed E-state index contributed by atoms with van der Waals surface area (Å²) in [6.45, 7) is 3.19. The molecule has 0 spiro atoms. The van der Waals surface area contributed by atoms with Crippen molar-refractivity contribution in [1.29, 1.82) is 0 Å². The van der Waals surface area contributed by atoms with Crippen LogP contribution >= 0.6 is 0 Å². The maximum absolute atomic E-state index is 4.24. The Morgan fingerprint density at radius 3 is 2.59 bits per heavy atom. The molecular formula is C25H24N2. The highest BCUT2D eigenvalue weighted by atomic mass is 14.8. The summed E-state index contributed by atoms with van der Waals surface area (Å²) in [4.78, 5) is 4.24. The number of nitrogens with one attached hydrogen (secondary N) is 1. The Morgan fingerprint density at radius 2 is 1.74 bits per heavy atom. The van der Waals surface area contributed by atoms with Gasteiger partial charge in [-0.2, -0.15) is 0 Å². The molecule has 2 nitrogen and oxygen atoms in total. The lowest BCUT2D eigenvalue weighted by atomic mass is 9.81. The minimum Gasteiger partial charge on any atom is -0.390 e. The van der Waals surface area contributed by atoms with Crippen LogP contribution in [0.5, 0.6) is 0 Å². The molecule has 2 aromatic carbocycles. The van der Waals surface area contributed by atoms with Gasteiger partial charge in [-0.25, -0.2) is 0 Å². The quantitative estimate of drug-likeness (QED) is 0.692. The highest BCUT2D eigenvalue weighted by molar-refractivity contribution is 5.63. The van der Waals surface area contributed by atoms with Crippen molar-refractivity contribution in [3.63, 3.8) is 0 Å². The second-order valence-electron chi connectivity index (χ2n) is 7.34. The summed E-state index contributed by atoms with van der Waals surface area (Å²) in [5, 5.41) is 3.38. The van der Waals surface area contributed by atoms with Gasteiger partial charge in [0.1, 0.15) is 0 Å². The summed E-state index contributed by atoms with van der Waals surface area (Å²) in [7, 11) is 0. The third kappa shape index (κ3) is 4.01. The molecule has 0 bridgehead atoms. The van der Waals surface area contributed by atoms with Crippen molar-refractivity contribution in [2.75, 3.05) is 6.54 Å². The van der Waals surface area contributed by atoms with Crippen LogP contribution in [-0.2, 0) is 11.8 Å². The lowest BCUT2D eigenvalue weighted by Crippen LogP contribution is -2.30. The fourth-order valence-corrected chi connectivity index (χ4v) is 3.59. The molecule has 134 valence electrons. The smallest absolute Gasteiger partial charge is 0.0346 e. The van der Waals surface area contributed by atoms with Crippen LogP contribution < -0.4 is 5.32 Å². The van der Waals surface area contributed by atoms with E-state index in [4.69, 9.17) is 0 Å². The SMILES string of the molecule is CC1(c2cccc(Cc3cccc(-c4cccnc4)c3)c2)C=CC=CNC1. The number of hydrogen-bond acceptors (Lipinski definition) is 2. The number of benzene rings is 2.